The van der Waals surface area contributed by atoms with Crippen LogP contribution in [0.3, 0.4) is 0 Å². The van der Waals surface area contributed by atoms with Gasteiger partial charge < -0.3 is 25.0 Å². The number of hydrogen-bond acceptors (Lipinski definition) is 6. The molecule has 1 atom stereocenters. The quantitative estimate of drug-likeness (QED) is 0.316. The van der Waals surface area contributed by atoms with Crippen LogP contribution in [0.15, 0.2) is 18.2 Å². The monoisotopic (exact) mass is 485 g/mol. The van der Waals surface area contributed by atoms with Crippen molar-refractivity contribution in [2.24, 2.45) is 5.73 Å². The summed E-state index contributed by atoms with van der Waals surface area (Å²) in [5.74, 6) is -4.58. The lowest BCUT2D eigenvalue weighted by molar-refractivity contribution is -0.148. The van der Waals surface area contributed by atoms with Crippen molar-refractivity contribution in [2.45, 2.75) is 37.8 Å². The van der Waals surface area contributed by atoms with E-state index >= 15 is 0 Å². The van der Waals surface area contributed by atoms with E-state index < -0.39 is 55.9 Å². The Morgan fingerprint density at radius 2 is 1.88 bits per heavy atom. The molecule has 16 heteroatoms. The maximum atomic E-state index is 13.5. The minimum Gasteiger partial charge on any atom is -0.333 e. The maximum absolute atomic E-state index is 13.5. The second kappa shape index (κ2) is 8.48. The van der Waals surface area contributed by atoms with E-state index in [1.807, 2.05) is 0 Å². The molecule has 1 aliphatic rings. The first kappa shape index (κ1) is 24.2. The molecule has 0 fully saturated rings. The summed E-state index contributed by atoms with van der Waals surface area (Å²) in [5, 5.41) is 6.52. The minimum atomic E-state index is -5.23. The second-order valence-corrected chi connectivity index (χ2v) is 8.32. The molecule has 0 unspecified atom stereocenters. The molecule has 0 saturated carbocycles. The van der Waals surface area contributed by atoms with Crippen molar-refractivity contribution in [3.05, 3.63) is 47.0 Å². The van der Waals surface area contributed by atoms with Gasteiger partial charge in [-0.3, -0.25) is 9.32 Å². The van der Waals surface area contributed by atoms with Crippen molar-refractivity contribution in [1.29, 1.82) is 0 Å². The number of hydrogen-bond donors (Lipinski definition) is 3. The molecule has 1 aliphatic heterocycles. The Labute approximate surface area is 177 Å². The summed E-state index contributed by atoms with van der Waals surface area (Å²) in [7, 11) is -5.23. The van der Waals surface area contributed by atoms with Gasteiger partial charge in [-0.2, -0.15) is 13.2 Å². The summed E-state index contributed by atoms with van der Waals surface area (Å²) in [6.07, 6.45) is -6.13. The molecule has 1 aromatic carbocycles. The first-order valence-electron chi connectivity index (χ1n) is 8.93. The van der Waals surface area contributed by atoms with Crippen LogP contribution < -0.4 is 5.73 Å². The standard InChI is InChI=1S/C16H17F5N5O5P/c17-10-2-1-9(5-11(10)18)6-15(22,31-32(28,29)30)7-13(27)25-3-4-26-12(8-25)23-24-14(26)16(19,20)21/h1-2,5H,3-4,6-8,22H2,(H2,28,29,30)/t15-/m0/s1. The highest BCUT2D eigenvalue weighted by Crippen LogP contribution is 2.42. The van der Waals surface area contributed by atoms with Crippen molar-refractivity contribution in [2.75, 3.05) is 6.54 Å². The molecule has 3 rings (SSSR count). The van der Waals surface area contributed by atoms with Gasteiger partial charge in [0.2, 0.25) is 11.7 Å². The van der Waals surface area contributed by atoms with Crippen LogP contribution in [0.5, 0.6) is 0 Å². The largest absolute Gasteiger partial charge is 0.471 e. The second-order valence-electron chi connectivity index (χ2n) is 7.15. The highest BCUT2D eigenvalue weighted by atomic mass is 31.2. The van der Waals surface area contributed by atoms with Crippen molar-refractivity contribution < 1.29 is 45.6 Å². The van der Waals surface area contributed by atoms with Gasteiger partial charge in [0.15, 0.2) is 17.5 Å². The number of rotatable bonds is 6. The van der Waals surface area contributed by atoms with E-state index in [2.05, 4.69) is 14.7 Å². The van der Waals surface area contributed by atoms with E-state index in [9.17, 15) is 41.1 Å². The Kier molecular flexibility index (Phi) is 6.41. The van der Waals surface area contributed by atoms with Crippen molar-refractivity contribution in [3.8, 4) is 0 Å². The Bertz CT molecular complexity index is 1070. The van der Waals surface area contributed by atoms with E-state index in [0.717, 1.165) is 27.7 Å². The molecule has 0 saturated heterocycles. The van der Waals surface area contributed by atoms with E-state index in [1.54, 1.807) is 0 Å². The van der Waals surface area contributed by atoms with Crippen LogP contribution in [0.2, 0.25) is 0 Å². The molecule has 32 heavy (non-hydrogen) atoms. The zero-order chi connectivity index (χ0) is 23.9. The van der Waals surface area contributed by atoms with Crippen LogP contribution in [-0.4, -0.2) is 47.6 Å². The summed E-state index contributed by atoms with van der Waals surface area (Å²) in [5.41, 5.74) is 3.56. The van der Waals surface area contributed by atoms with Gasteiger partial charge in [0.25, 0.3) is 0 Å². The van der Waals surface area contributed by atoms with Gasteiger partial charge in [0.1, 0.15) is 5.72 Å². The third-order valence-electron chi connectivity index (χ3n) is 4.60. The SMILES string of the molecule is N[C@@](CC(=O)N1CCn2c(nnc2C(F)(F)F)C1)(Cc1ccc(F)c(F)c1)OP(=O)(O)O. The van der Waals surface area contributed by atoms with Gasteiger partial charge in [-0.25, -0.2) is 13.3 Å². The van der Waals surface area contributed by atoms with Gasteiger partial charge in [0.05, 0.1) is 13.0 Å². The predicted molar refractivity (Wildman–Crippen MR) is 95.2 cm³/mol. The molecule has 0 aliphatic carbocycles. The topological polar surface area (TPSA) is 144 Å². The Morgan fingerprint density at radius 3 is 2.47 bits per heavy atom. The number of carbonyl (C=O) groups is 1. The Balaban J connectivity index is 1.78. The van der Waals surface area contributed by atoms with Crippen LogP contribution >= 0.6 is 7.82 Å². The number of alkyl halides is 3. The number of halogens is 5. The fourth-order valence-corrected chi connectivity index (χ4v) is 3.91. The molecule has 0 radical (unpaired) electrons. The molecule has 2 heterocycles. The van der Waals surface area contributed by atoms with E-state index in [4.69, 9.17) is 5.73 Å². The molecular formula is C16H17F5N5O5P. The number of nitrogens with zero attached hydrogens (tertiary/aromatic N) is 4. The molecule has 2 aromatic rings. The van der Waals surface area contributed by atoms with Gasteiger partial charge in [0, 0.05) is 19.5 Å². The summed E-state index contributed by atoms with van der Waals surface area (Å²) in [6.45, 7) is -0.827. The molecule has 0 bridgehead atoms. The molecular weight excluding hydrogens is 468 g/mol. The number of benzene rings is 1. The van der Waals surface area contributed by atoms with Gasteiger partial charge >= 0.3 is 14.0 Å². The number of phosphoric ester groups is 1. The highest BCUT2D eigenvalue weighted by molar-refractivity contribution is 7.46. The number of carbonyl (C=O) groups excluding carboxylic acids is 1. The van der Waals surface area contributed by atoms with E-state index in [1.165, 1.54) is 0 Å². The van der Waals surface area contributed by atoms with Crippen LogP contribution in [0.1, 0.15) is 23.6 Å². The van der Waals surface area contributed by atoms with Crippen LogP contribution in [0.4, 0.5) is 22.0 Å². The predicted octanol–water partition coefficient (Wildman–Crippen LogP) is 1.31. The molecule has 10 nitrogen and oxygen atoms in total. The van der Waals surface area contributed by atoms with E-state index in [-0.39, 0.29) is 31.0 Å². The molecule has 176 valence electrons. The Morgan fingerprint density at radius 1 is 1.19 bits per heavy atom. The van der Waals surface area contributed by atoms with E-state index in [0.29, 0.717) is 0 Å². The van der Waals surface area contributed by atoms with Crippen molar-refractivity contribution >= 4 is 13.7 Å². The number of aromatic nitrogens is 3. The Hall–Kier alpha value is -2.45. The summed E-state index contributed by atoms with van der Waals surface area (Å²) in [4.78, 5) is 32.2. The molecule has 4 N–H and O–H groups in total. The molecule has 1 amide bonds. The normalized spacial score (nSPS) is 16.6. The van der Waals surface area contributed by atoms with Crippen molar-refractivity contribution in [3.63, 3.8) is 0 Å². The fraction of sp³-hybridized carbons (Fsp3) is 0.438. The first-order valence-corrected chi connectivity index (χ1v) is 10.5. The van der Waals surface area contributed by atoms with Crippen LogP contribution in [-0.2, 0) is 39.6 Å². The molecule has 0 spiro atoms. The fourth-order valence-electron chi connectivity index (χ4n) is 3.31. The van der Waals surface area contributed by atoms with Crippen molar-refractivity contribution in [1.82, 2.24) is 19.7 Å². The van der Waals surface area contributed by atoms with Crippen LogP contribution in [0.25, 0.3) is 0 Å². The zero-order valence-electron chi connectivity index (χ0n) is 16.1. The van der Waals surface area contributed by atoms with Gasteiger partial charge in [-0.15, -0.1) is 10.2 Å². The molecule has 1 aromatic heterocycles. The third-order valence-corrected chi connectivity index (χ3v) is 5.20. The first-order chi connectivity index (χ1) is 14.7. The van der Waals surface area contributed by atoms with Crippen LogP contribution in [0, 0.1) is 11.6 Å². The number of nitrogens with two attached hydrogens (primary N) is 1. The minimum absolute atomic E-state index is 0.0131. The number of fused-ring (bicyclic) bond motifs is 1. The summed E-state index contributed by atoms with van der Waals surface area (Å²) in [6, 6.07) is 2.59. The highest BCUT2D eigenvalue weighted by Gasteiger charge is 2.42. The summed E-state index contributed by atoms with van der Waals surface area (Å²) >= 11 is 0. The third kappa shape index (κ3) is 5.66. The lowest BCUT2D eigenvalue weighted by atomic mass is 9.99. The smallest absolute Gasteiger partial charge is 0.333 e. The average molecular weight is 485 g/mol. The number of amides is 1. The average Bonchev–Trinajstić information content (AvgIpc) is 3.06. The lowest BCUT2D eigenvalue weighted by Gasteiger charge is -2.33. The maximum Gasteiger partial charge on any atom is 0.471 e. The summed E-state index contributed by atoms with van der Waals surface area (Å²) < 4.78 is 82.2. The van der Waals surface area contributed by atoms with Gasteiger partial charge in [-0.1, -0.05) is 6.07 Å². The van der Waals surface area contributed by atoms with Gasteiger partial charge in [-0.05, 0) is 17.7 Å². The zero-order valence-corrected chi connectivity index (χ0v) is 17.0. The number of phosphoric acid groups is 1. The lowest BCUT2D eigenvalue weighted by Crippen LogP contribution is -2.50.